The van der Waals surface area contributed by atoms with Gasteiger partial charge in [0.25, 0.3) is 0 Å². The lowest BCUT2D eigenvalue weighted by atomic mass is 9.49. The van der Waals surface area contributed by atoms with Gasteiger partial charge in [0, 0.05) is 60.4 Å². The monoisotopic (exact) mass is 709 g/mol. The molecule has 0 aromatic heterocycles. The maximum Gasteiger partial charge on any atom is 0.0180 e. The van der Waals surface area contributed by atoms with Crippen molar-refractivity contribution < 1.29 is 0 Å². The Labute approximate surface area is 317 Å². The van der Waals surface area contributed by atoms with Crippen LogP contribution in [0.2, 0.25) is 0 Å². The maximum absolute atomic E-state index is 4.65. The quantitative estimate of drug-likeness (QED) is 0.301. The Kier molecular flexibility index (Phi) is 7.40. The SMILES string of the molecule is CC(C)C1C2C3C4NC5CCCCC5C4CC4C5CCCCC5N(C43)C2C(C(C)C)C2C3C4NC5CCCCC5C4CC4C5CCCCC5N(C43)C12. The van der Waals surface area contributed by atoms with E-state index >= 15 is 0 Å². The summed E-state index contributed by atoms with van der Waals surface area (Å²) in [6.45, 7) is 11.1. The number of rotatable bonds is 2. The van der Waals surface area contributed by atoms with E-state index in [0.29, 0.717) is 0 Å². The highest BCUT2D eigenvalue weighted by Gasteiger charge is 2.78. The van der Waals surface area contributed by atoms with Crippen LogP contribution in [-0.2, 0) is 0 Å². The minimum absolute atomic E-state index is 0.800. The Morgan fingerprint density at radius 1 is 0.385 bits per heavy atom. The van der Waals surface area contributed by atoms with Crippen LogP contribution in [0, 0.1) is 94.7 Å². The van der Waals surface area contributed by atoms with E-state index in [4.69, 9.17) is 0 Å². The second-order valence-corrected chi connectivity index (χ2v) is 23.5. The molecule has 13 fully saturated rings. The zero-order valence-electron chi connectivity index (χ0n) is 33.6. The van der Waals surface area contributed by atoms with E-state index in [2.05, 4.69) is 48.1 Å². The third-order valence-electron chi connectivity index (χ3n) is 21.8. The van der Waals surface area contributed by atoms with E-state index in [0.717, 1.165) is 155 Å². The fourth-order valence-electron chi connectivity index (χ4n) is 21.2. The van der Waals surface area contributed by atoms with Crippen molar-refractivity contribution in [3.8, 4) is 0 Å². The van der Waals surface area contributed by atoms with E-state index in [1.54, 1.807) is 38.5 Å². The molecular formula is C48H76N4. The Morgan fingerprint density at radius 3 is 1.19 bits per heavy atom. The summed E-state index contributed by atoms with van der Waals surface area (Å²) in [5.74, 6) is 15.1. The molecule has 0 bridgehead atoms. The lowest BCUT2D eigenvalue weighted by molar-refractivity contribution is -0.0876. The zero-order chi connectivity index (χ0) is 34.3. The molecule has 6 heterocycles. The number of hydrogen-bond acceptors (Lipinski definition) is 4. The van der Waals surface area contributed by atoms with E-state index < -0.39 is 0 Å². The molecule has 13 rings (SSSR count). The van der Waals surface area contributed by atoms with Crippen molar-refractivity contribution in [2.75, 3.05) is 0 Å². The molecule has 0 aromatic rings. The molecule has 6 saturated heterocycles. The summed E-state index contributed by atoms with van der Waals surface area (Å²) in [4.78, 5) is 7.04. The third-order valence-corrected chi connectivity index (χ3v) is 21.8. The fraction of sp³-hybridized carbons (Fsp3) is 1.00. The van der Waals surface area contributed by atoms with Gasteiger partial charge in [-0.2, -0.15) is 0 Å². The smallest absolute Gasteiger partial charge is 0.0180 e. The van der Waals surface area contributed by atoms with Crippen molar-refractivity contribution >= 4 is 0 Å². The first-order valence-corrected chi connectivity index (χ1v) is 24.6. The molecule has 4 heteroatoms. The molecule has 6 aliphatic heterocycles. The first-order valence-electron chi connectivity index (χ1n) is 24.6. The van der Waals surface area contributed by atoms with E-state index in [1.165, 1.54) is 77.0 Å². The lowest BCUT2D eigenvalue weighted by Gasteiger charge is -2.59. The van der Waals surface area contributed by atoms with Crippen molar-refractivity contribution in [2.45, 2.75) is 204 Å². The van der Waals surface area contributed by atoms with Gasteiger partial charge in [-0.1, -0.05) is 79.1 Å². The van der Waals surface area contributed by atoms with E-state index in [9.17, 15) is 0 Å². The predicted molar refractivity (Wildman–Crippen MR) is 209 cm³/mol. The number of fused-ring (bicyclic) bond motifs is 20. The zero-order valence-corrected chi connectivity index (χ0v) is 33.6. The van der Waals surface area contributed by atoms with Gasteiger partial charge < -0.3 is 10.6 Å². The van der Waals surface area contributed by atoms with Crippen LogP contribution >= 0.6 is 0 Å². The Bertz CT molecular complexity index is 1310. The van der Waals surface area contributed by atoms with Crippen molar-refractivity contribution in [1.82, 2.24) is 20.4 Å². The minimum Gasteiger partial charge on any atom is -0.310 e. The molecule has 7 saturated carbocycles. The Balaban J connectivity index is 0.992. The molecule has 24 unspecified atom stereocenters. The van der Waals surface area contributed by atoms with Crippen molar-refractivity contribution in [1.29, 1.82) is 0 Å². The van der Waals surface area contributed by atoms with Gasteiger partial charge in [-0.05, 0) is 159 Å². The van der Waals surface area contributed by atoms with Crippen LogP contribution in [-0.4, -0.2) is 70.2 Å². The average molecular weight is 709 g/mol. The van der Waals surface area contributed by atoms with Crippen LogP contribution < -0.4 is 10.6 Å². The van der Waals surface area contributed by atoms with Gasteiger partial charge in [0.1, 0.15) is 0 Å². The molecule has 13 aliphatic rings. The van der Waals surface area contributed by atoms with Gasteiger partial charge in [-0.25, -0.2) is 0 Å². The third kappa shape index (κ3) is 4.03. The number of hydrogen-bond donors (Lipinski definition) is 2. The fourth-order valence-corrected chi connectivity index (χ4v) is 21.2. The highest BCUT2D eigenvalue weighted by Crippen LogP contribution is 2.72. The normalized spacial score (nSPS) is 62.4. The predicted octanol–water partition coefficient (Wildman–Crippen LogP) is 8.59. The Morgan fingerprint density at radius 2 is 0.769 bits per heavy atom. The van der Waals surface area contributed by atoms with Gasteiger partial charge in [-0.3, -0.25) is 9.80 Å². The Hall–Kier alpha value is -0.160. The second-order valence-electron chi connectivity index (χ2n) is 23.5. The first kappa shape index (κ1) is 32.9. The summed E-state index contributed by atoms with van der Waals surface area (Å²) >= 11 is 0. The van der Waals surface area contributed by atoms with Crippen molar-refractivity contribution in [3.05, 3.63) is 0 Å². The molecule has 0 amide bonds. The largest absolute Gasteiger partial charge is 0.310 e. The van der Waals surface area contributed by atoms with Gasteiger partial charge in [0.2, 0.25) is 0 Å². The van der Waals surface area contributed by atoms with Gasteiger partial charge in [0.05, 0.1) is 0 Å². The number of nitrogens with zero attached hydrogens (tertiary/aromatic N) is 2. The van der Waals surface area contributed by atoms with Gasteiger partial charge in [-0.15, -0.1) is 0 Å². The first-order chi connectivity index (χ1) is 25.5. The highest BCUT2D eigenvalue weighted by atomic mass is 15.4. The second kappa shape index (κ2) is 11.7. The molecule has 7 aliphatic carbocycles. The lowest BCUT2D eigenvalue weighted by Crippen LogP contribution is -2.64. The molecule has 288 valence electrons. The molecule has 0 aromatic carbocycles. The summed E-state index contributed by atoms with van der Waals surface area (Å²) in [6.07, 6.45) is 27.5. The van der Waals surface area contributed by atoms with Crippen LogP contribution in [0.4, 0.5) is 0 Å². The number of nitrogens with one attached hydrogen (secondary N) is 2. The molecule has 0 spiro atoms. The van der Waals surface area contributed by atoms with Crippen LogP contribution in [0.3, 0.4) is 0 Å². The topological polar surface area (TPSA) is 30.5 Å². The van der Waals surface area contributed by atoms with Gasteiger partial charge in [0.15, 0.2) is 0 Å². The average Bonchev–Trinajstić information content (AvgIpc) is 3.99. The van der Waals surface area contributed by atoms with Crippen LogP contribution in [0.15, 0.2) is 0 Å². The molecule has 4 nitrogen and oxygen atoms in total. The summed E-state index contributed by atoms with van der Waals surface area (Å²) in [5, 5.41) is 9.30. The summed E-state index contributed by atoms with van der Waals surface area (Å²) < 4.78 is 0. The maximum atomic E-state index is 4.65. The van der Waals surface area contributed by atoms with E-state index in [-0.39, 0.29) is 0 Å². The van der Waals surface area contributed by atoms with E-state index in [1.807, 2.05) is 0 Å². The summed E-state index contributed by atoms with van der Waals surface area (Å²) in [6, 6.07) is 8.66. The summed E-state index contributed by atoms with van der Waals surface area (Å²) in [7, 11) is 0. The minimum atomic E-state index is 0.800. The molecule has 52 heavy (non-hydrogen) atoms. The van der Waals surface area contributed by atoms with Crippen molar-refractivity contribution in [3.63, 3.8) is 0 Å². The van der Waals surface area contributed by atoms with Crippen LogP contribution in [0.5, 0.6) is 0 Å². The molecule has 0 radical (unpaired) electrons. The summed E-state index contributed by atoms with van der Waals surface area (Å²) in [5.41, 5.74) is 0. The van der Waals surface area contributed by atoms with Crippen molar-refractivity contribution in [2.24, 2.45) is 94.7 Å². The molecular weight excluding hydrogens is 633 g/mol. The highest BCUT2D eigenvalue weighted by molar-refractivity contribution is 5.30. The van der Waals surface area contributed by atoms with Crippen LogP contribution in [0.1, 0.15) is 143 Å². The molecule has 2 N–H and O–H groups in total. The van der Waals surface area contributed by atoms with Crippen LogP contribution in [0.25, 0.3) is 0 Å². The van der Waals surface area contributed by atoms with Gasteiger partial charge >= 0.3 is 0 Å². The molecule has 24 atom stereocenters. The standard InChI is InChI=1S/C48H76N4/c1-23(2)37-39-41-43-29(25-13-5-9-17-33(25)49-43)21-31-28-16-8-12-20-36(28)52(45(31)41)48(39)38(24(3)4)40-42-44-30(26-14-6-10-18-34(26)50-44)22-32-27-15-7-11-19-35(27)51(46(32)42)47(37)40/h23-50H,5-22H2,1-4H3.